The first-order valence-corrected chi connectivity index (χ1v) is 10.2. The van der Waals surface area contributed by atoms with E-state index >= 15 is 0 Å². The molecule has 0 atom stereocenters. The maximum Gasteiger partial charge on any atom is 0.259 e. The van der Waals surface area contributed by atoms with Gasteiger partial charge in [0.05, 0.1) is 23.4 Å². The molecule has 0 spiro atoms. The smallest absolute Gasteiger partial charge is 0.259 e. The Morgan fingerprint density at radius 3 is 2.34 bits per heavy atom. The van der Waals surface area contributed by atoms with Crippen molar-refractivity contribution in [3.63, 3.8) is 0 Å². The molecule has 0 saturated carbocycles. The predicted octanol–water partition coefficient (Wildman–Crippen LogP) is 3.89. The summed E-state index contributed by atoms with van der Waals surface area (Å²) in [5.74, 6) is 0.399. The molecule has 9 heteroatoms. The molecule has 3 aromatic rings. The van der Waals surface area contributed by atoms with E-state index in [1.54, 1.807) is 48.5 Å². The van der Waals surface area contributed by atoms with Crippen LogP contribution in [0.15, 0.2) is 60.8 Å². The van der Waals surface area contributed by atoms with Crippen LogP contribution in [0, 0.1) is 5.41 Å². The Hall–Kier alpha value is -3.91. The quantitative estimate of drug-likeness (QED) is 0.300. The van der Waals surface area contributed by atoms with Crippen molar-refractivity contribution in [1.82, 2.24) is 9.88 Å². The molecule has 32 heavy (non-hydrogen) atoms. The van der Waals surface area contributed by atoms with Gasteiger partial charge in [-0.25, -0.2) is 4.98 Å². The number of carbonyl (C=O) groups is 2. The van der Waals surface area contributed by atoms with Crippen LogP contribution in [0.3, 0.4) is 0 Å². The molecule has 3 N–H and O–H groups in total. The number of rotatable bonds is 6. The van der Waals surface area contributed by atoms with Gasteiger partial charge in [-0.2, -0.15) is 0 Å². The third-order valence-electron chi connectivity index (χ3n) is 4.87. The molecule has 0 unspecified atom stereocenters. The molecule has 1 aliphatic heterocycles. The summed E-state index contributed by atoms with van der Waals surface area (Å²) in [7, 11) is 1.49. The molecule has 1 saturated heterocycles. The average molecular weight is 450 g/mol. The van der Waals surface area contributed by atoms with Crippen LogP contribution in [-0.4, -0.2) is 47.7 Å². The van der Waals surface area contributed by atoms with Crippen molar-refractivity contribution in [1.29, 1.82) is 5.41 Å². The van der Waals surface area contributed by atoms with Crippen molar-refractivity contribution in [2.24, 2.45) is 0 Å². The van der Waals surface area contributed by atoms with E-state index in [4.69, 9.17) is 21.7 Å². The average Bonchev–Trinajstić information content (AvgIpc) is 3.66. The zero-order valence-electron chi connectivity index (χ0n) is 17.2. The summed E-state index contributed by atoms with van der Waals surface area (Å²) >= 11 is 5.84. The highest BCUT2D eigenvalue weighted by Crippen LogP contribution is 2.24. The molecule has 2 heterocycles. The van der Waals surface area contributed by atoms with Crippen LogP contribution < -0.4 is 15.4 Å². The highest BCUT2D eigenvalue weighted by molar-refractivity contribution is 6.30. The number of methoxy groups -OCH3 is 1. The first-order chi connectivity index (χ1) is 15.4. The van der Waals surface area contributed by atoms with Gasteiger partial charge >= 0.3 is 0 Å². The van der Waals surface area contributed by atoms with E-state index in [0.29, 0.717) is 33.7 Å². The van der Waals surface area contributed by atoms with E-state index in [1.165, 1.54) is 19.4 Å². The maximum absolute atomic E-state index is 12.9. The number of pyridine rings is 1. The second-order valence-corrected chi connectivity index (χ2v) is 7.53. The lowest BCUT2D eigenvalue weighted by molar-refractivity contribution is 0.102. The van der Waals surface area contributed by atoms with Crippen LogP contribution in [0.5, 0.6) is 5.75 Å². The Morgan fingerprint density at radius 2 is 1.72 bits per heavy atom. The number of halogens is 1. The van der Waals surface area contributed by atoms with E-state index < -0.39 is 5.91 Å². The molecular weight excluding hydrogens is 430 g/mol. The Labute approximate surface area is 189 Å². The van der Waals surface area contributed by atoms with Crippen molar-refractivity contribution >= 4 is 40.8 Å². The van der Waals surface area contributed by atoms with Crippen molar-refractivity contribution in [3.8, 4) is 5.75 Å². The minimum atomic E-state index is -0.462. The van der Waals surface area contributed by atoms with Gasteiger partial charge in [-0.3, -0.25) is 15.0 Å². The summed E-state index contributed by atoms with van der Waals surface area (Å²) in [5.41, 5.74) is 1.70. The number of nitrogens with zero attached hydrogens (tertiary/aromatic N) is 2. The summed E-state index contributed by atoms with van der Waals surface area (Å²) in [6.45, 7) is 1.77. The number of nitrogens with one attached hydrogen (secondary N) is 3. The first kappa shape index (κ1) is 21.3. The van der Waals surface area contributed by atoms with Gasteiger partial charge in [0.1, 0.15) is 17.4 Å². The molecule has 0 bridgehead atoms. The van der Waals surface area contributed by atoms with Crippen molar-refractivity contribution in [2.75, 3.05) is 30.8 Å². The standard InChI is InChI=1S/C23H20ClN5O3/c1-32-17-7-8-19(18(12-17)23(31)28-20-9-6-16(24)13-26-20)27-22(30)15-4-2-14(3-5-15)21(25)29-10-11-29/h2-9,12-13,25H,10-11H2,1H3,(H,27,30)(H,26,28,31). The predicted molar refractivity (Wildman–Crippen MR) is 123 cm³/mol. The number of amides is 2. The van der Waals surface area contributed by atoms with E-state index in [9.17, 15) is 9.59 Å². The Kier molecular flexibility index (Phi) is 6.04. The second-order valence-electron chi connectivity index (χ2n) is 7.09. The lowest BCUT2D eigenvalue weighted by Gasteiger charge is -2.13. The van der Waals surface area contributed by atoms with E-state index in [0.717, 1.165) is 18.7 Å². The number of hydrogen-bond acceptors (Lipinski definition) is 5. The highest BCUT2D eigenvalue weighted by Gasteiger charge is 2.22. The minimum Gasteiger partial charge on any atom is -0.497 e. The largest absolute Gasteiger partial charge is 0.497 e. The molecule has 8 nitrogen and oxygen atoms in total. The van der Waals surface area contributed by atoms with Gasteiger partial charge in [-0.05, 0) is 42.5 Å². The van der Waals surface area contributed by atoms with Crippen molar-refractivity contribution < 1.29 is 14.3 Å². The molecule has 0 radical (unpaired) electrons. The number of ether oxygens (including phenoxy) is 1. The van der Waals surface area contributed by atoms with Gasteiger partial charge in [0.2, 0.25) is 0 Å². The Morgan fingerprint density at radius 1 is 1.00 bits per heavy atom. The SMILES string of the molecule is COc1ccc(NC(=O)c2ccc(C(=N)N3CC3)cc2)c(C(=O)Nc2ccc(Cl)cn2)c1. The normalized spacial score (nSPS) is 12.1. The van der Waals surface area contributed by atoms with Crippen molar-refractivity contribution in [2.45, 2.75) is 0 Å². The second kappa shape index (κ2) is 9.07. The van der Waals surface area contributed by atoms with Crippen molar-refractivity contribution in [3.05, 3.63) is 82.5 Å². The zero-order valence-corrected chi connectivity index (χ0v) is 17.9. The minimum absolute atomic E-state index is 0.217. The number of anilines is 2. The fourth-order valence-electron chi connectivity index (χ4n) is 3.01. The van der Waals surface area contributed by atoms with Crippen LogP contribution in [0.1, 0.15) is 26.3 Å². The number of aromatic nitrogens is 1. The van der Waals surface area contributed by atoms with Gasteiger partial charge < -0.3 is 20.3 Å². The number of hydrogen-bond donors (Lipinski definition) is 3. The third-order valence-corrected chi connectivity index (χ3v) is 5.10. The van der Waals surface area contributed by atoms with Crippen LogP contribution in [-0.2, 0) is 0 Å². The fraction of sp³-hybridized carbons (Fsp3) is 0.130. The van der Waals surface area contributed by atoms with E-state index in [1.807, 2.05) is 4.90 Å². The molecular formula is C23H20ClN5O3. The number of amidine groups is 1. The molecule has 0 aliphatic carbocycles. The Bertz CT molecular complexity index is 1180. The monoisotopic (exact) mass is 449 g/mol. The maximum atomic E-state index is 12.9. The summed E-state index contributed by atoms with van der Waals surface area (Å²) in [6.07, 6.45) is 1.43. The topological polar surface area (TPSA) is 107 Å². The van der Waals surface area contributed by atoms with Gasteiger partial charge in [0, 0.05) is 30.4 Å². The lowest BCUT2D eigenvalue weighted by atomic mass is 10.1. The summed E-state index contributed by atoms with van der Waals surface area (Å²) in [5, 5.41) is 14.0. The summed E-state index contributed by atoms with van der Waals surface area (Å²) < 4.78 is 5.23. The lowest BCUT2D eigenvalue weighted by Crippen LogP contribution is -2.19. The molecule has 4 rings (SSSR count). The first-order valence-electron chi connectivity index (χ1n) is 9.81. The molecule has 2 aromatic carbocycles. The third kappa shape index (κ3) is 4.87. The van der Waals surface area contributed by atoms with Crippen LogP contribution in [0.2, 0.25) is 5.02 Å². The molecule has 2 amide bonds. The Balaban J connectivity index is 1.53. The van der Waals surface area contributed by atoms with E-state index in [2.05, 4.69) is 15.6 Å². The molecule has 1 fully saturated rings. The fourth-order valence-corrected chi connectivity index (χ4v) is 3.12. The summed E-state index contributed by atoms with van der Waals surface area (Å²) in [4.78, 5) is 31.7. The molecule has 162 valence electrons. The summed E-state index contributed by atoms with van der Waals surface area (Å²) in [6, 6.07) is 14.8. The molecule has 1 aromatic heterocycles. The zero-order chi connectivity index (χ0) is 22.7. The molecule has 1 aliphatic rings. The van der Waals surface area contributed by atoms with Crippen LogP contribution in [0.4, 0.5) is 11.5 Å². The number of carbonyl (C=O) groups excluding carboxylic acids is 2. The van der Waals surface area contributed by atoms with Gasteiger partial charge in [-0.1, -0.05) is 23.7 Å². The number of benzene rings is 2. The van der Waals surface area contributed by atoms with Gasteiger partial charge in [0.15, 0.2) is 0 Å². The van der Waals surface area contributed by atoms with Gasteiger partial charge in [0.25, 0.3) is 11.8 Å². The highest BCUT2D eigenvalue weighted by atomic mass is 35.5. The van der Waals surface area contributed by atoms with Gasteiger partial charge in [-0.15, -0.1) is 0 Å². The van der Waals surface area contributed by atoms with Crippen LogP contribution in [0.25, 0.3) is 0 Å². The van der Waals surface area contributed by atoms with Crippen LogP contribution >= 0.6 is 11.6 Å². The van der Waals surface area contributed by atoms with E-state index in [-0.39, 0.29) is 11.5 Å².